The molecule has 2 aromatic heterocycles. The molecule has 1 aromatic carbocycles. The molecule has 0 fully saturated rings. The van der Waals surface area contributed by atoms with Gasteiger partial charge in [-0.05, 0) is 62.2 Å². The SMILES string of the molecule is C=C.CC(C)(F)CNc1cc(C(=N)O/C=C/c2cn(-c3ccc(C(C)(C)C)cc3)nc2C(F)F)ccn1.CN. The highest BCUT2D eigenvalue weighted by molar-refractivity contribution is 5.92. The molecule has 0 spiro atoms. The summed E-state index contributed by atoms with van der Waals surface area (Å²) in [4.78, 5) is 4.09. The number of halogens is 3. The van der Waals surface area contributed by atoms with Crippen LogP contribution in [0.3, 0.4) is 0 Å². The van der Waals surface area contributed by atoms with Gasteiger partial charge in [-0.25, -0.2) is 22.8 Å². The smallest absolute Gasteiger partial charge is 0.282 e. The molecule has 0 saturated heterocycles. The van der Waals surface area contributed by atoms with E-state index in [1.54, 1.807) is 12.1 Å². The molecule has 3 rings (SSSR count). The number of nitrogens with two attached hydrogens (primary N) is 1. The van der Waals surface area contributed by atoms with Gasteiger partial charge >= 0.3 is 0 Å². The standard InChI is InChI=1S/C26H30F3N5O.C2H4.CH5N/c1-25(2,3)19-6-8-20(9-7-19)34-15-18(22(33-34)23(27)28)11-13-35-24(30)17-10-12-31-21(14-17)32-16-26(4,5)29;2*1-2/h6-15,23,30H,16H2,1-5H3,(H,31,32);1-2H2;2H2,1H3/b13-11+,30-24?;;. The maximum atomic E-state index is 13.7. The van der Waals surface area contributed by atoms with Crippen molar-refractivity contribution in [1.82, 2.24) is 14.8 Å². The van der Waals surface area contributed by atoms with Gasteiger partial charge in [-0.3, -0.25) is 5.41 Å². The third-order valence-corrected chi connectivity index (χ3v) is 5.12. The van der Waals surface area contributed by atoms with E-state index in [2.05, 4.69) is 55.1 Å². The van der Waals surface area contributed by atoms with Crippen LogP contribution in [0.2, 0.25) is 0 Å². The van der Waals surface area contributed by atoms with Gasteiger partial charge in [0, 0.05) is 30.1 Å². The Morgan fingerprint density at radius 1 is 1.13 bits per heavy atom. The number of nitrogens with zero attached hydrogens (tertiary/aromatic N) is 3. The monoisotopic (exact) mass is 544 g/mol. The lowest BCUT2D eigenvalue weighted by molar-refractivity contribution is 0.145. The number of aromatic nitrogens is 3. The number of hydrogen-bond acceptors (Lipinski definition) is 6. The first-order chi connectivity index (χ1) is 18.3. The molecule has 212 valence electrons. The van der Waals surface area contributed by atoms with E-state index in [1.165, 1.54) is 44.0 Å². The van der Waals surface area contributed by atoms with Gasteiger partial charge in [0.15, 0.2) is 0 Å². The molecule has 2 heterocycles. The molecule has 0 saturated carbocycles. The molecule has 7 nitrogen and oxygen atoms in total. The van der Waals surface area contributed by atoms with Crippen LogP contribution in [-0.2, 0) is 10.2 Å². The van der Waals surface area contributed by atoms with Crippen LogP contribution in [0.1, 0.15) is 63.4 Å². The van der Waals surface area contributed by atoms with Gasteiger partial charge in [0.05, 0.1) is 11.9 Å². The molecule has 3 aromatic rings. The van der Waals surface area contributed by atoms with Crippen LogP contribution in [0.5, 0.6) is 0 Å². The molecule has 0 amide bonds. The highest BCUT2D eigenvalue weighted by Gasteiger charge is 2.19. The van der Waals surface area contributed by atoms with Crippen molar-refractivity contribution in [3.05, 3.63) is 90.6 Å². The van der Waals surface area contributed by atoms with E-state index in [4.69, 9.17) is 10.1 Å². The number of pyridine rings is 1. The summed E-state index contributed by atoms with van der Waals surface area (Å²) < 4.78 is 47.6. The van der Waals surface area contributed by atoms with Crippen LogP contribution in [0.4, 0.5) is 19.0 Å². The van der Waals surface area contributed by atoms with Crippen molar-refractivity contribution in [3.8, 4) is 5.69 Å². The third kappa shape index (κ3) is 10.4. The summed E-state index contributed by atoms with van der Waals surface area (Å²) in [6.07, 6.45) is 2.68. The van der Waals surface area contributed by atoms with Gasteiger partial charge in [-0.15, -0.1) is 13.2 Å². The quantitative estimate of drug-likeness (QED) is 0.122. The summed E-state index contributed by atoms with van der Waals surface area (Å²) in [6.45, 7) is 15.2. The topological polar surface area (TPSA) is 102 Å². The Bertz CT molecular complexity index is 1210. The largest absolute Gasteiger partial charge is 0.447 e. The van der Waals surface area contributed by atoms with E-state index in [0.29, 0.717) is 17.1 Å². The van der Waals surface area contributed by atoms with Crippen LogP contribution in [0, 0.1) is 5.41 Å². The number of nitrogens with one attached hydrogen (secondary N) is 2. The van der Waals surface area contributed by atoms with Crippen molar-refractivity contribution in [2.24, 2.45) is 5.73 Å². The number of ether oxygens (including phenoxy) is 1. The Balaban J connectivity index is 0.00000181. The van der Waals surface area contributed by atoms with Crippen molar-refractivity contribution in [3.63, 3.8) is 0 Å². The lowest BCUT2D eigenvalue weighted by Gasteiger charge is -2.19. The van der Waals surface area contributed by atoms with E-state index in [9.17, 15) is 13.2 Å². The second-order valence-corrected chi connectivity index (χ2v) is 9.76. The van der Waals surface area contributed by atoms with Gasteiger partial charge in [-0.1, -0.05) is 32.9 Å². The zero-order valence-electron chi connectivity index (χ0n) is 23.4. The summed E-state index contributed by atoms with van der Waals surface area (Å²) in [5.74, 6) is 0.180. The van der Waals surface area contributed by atoms with Crippen LogP contribution in [0.15, 0.2) is 68.2 Å². The third-order valence-electron chi connectivity index (χ3n) is 5.12. The molecule has 39 heavy (non-hydrogen) atoms. The number of benzene rings is 1. The van der Waals surface area contributed by atoms with Crippen LogP contribution >= 0.6 is 0 Å². The fourth-order valence-corrected chi connectivity index (χ4v) is 3.16. The highest BCUT2D eigenvalue weighted by atomic mass is 19.3. The minimum Gasteiger partial charge on any atom is -0.447 e. The molecule has 0 aliphatic carbocycles. The van der Waals surface area contributed by atoms with Crippen LogP contribution in [-0.4, -0.2) is 39.9 Å². The maximum Gasteiger partial charge on any atom is 0.282 e. The second-order valence-electron chi connectivity index (χ2n) is 9.76. The summed E-state index contributed by atoms with van der Waals surface area (Å²) in [6, 6.07) is 10.7. The van der Waals surface area contributed by atoms with Crippen molar-refractivity contribution in [2.45, 2.75) is 52.1 Å². The van der Waals surface area contributed by atoms with Crippen molar-refractivity contribution in [2.75, 3.05) is 18.9 Å². The van der Waals surface area contributed by atoms with Crippen molar-refractivity contribution in [1.29, 1.82) is 5.41 Å². The van der Waals surface area contributed by atoms with Crippen molar-refractivity contribution < 1.29 is 17.9 Å². The number of rotatable bonds is 8. The first kappa shape index (κ1) is 33.1. The molecule has 0 radical (unpaired) electrons. The first-order valence-corrected chi connectivity index (χ1v) is 12.2. The van der Waals surface area contributed by atoms with Crippen LogP contribution < -0.4 is 11.1 Å². The Morgan fingerprint density at radius 3 is 2.28 bits per heavy atom. The lowest BCUT2D eigenvalue weighted by Crippen LogP contribution is -2.24. The molecular formula is C29H39F3N6O. The molecule has 0 aliphatic rings. The molecule has 0 aliphatic heterocycles. The summed E-state index contributed by atoms with van der Waals surface area (Å²) >= 11 is 0. The fraction of sp³-hybridized carbons (Fsp3) is 0.345. The van der Waals surface area contributed by atoms with Gasteiger partial charge in [0.25, 0.3) is 6.43 Å². The maximum absolute atomic E-state index is 13.7. The Labute approximate surface area is 229 Å². The summed E-state index contributed by atoms with van der Waals surface area (Å²) in [5, 5.41) is 15.0. The molecular weight excluding hydrogens is 505 g/mol. The predicted octanol–water partition coefficient (Wildman–Crippen LogP) is 7.05. The van der Waals surface area contributed by atoms with Gasteiger partial charge in [-0.2, -0.15) is 5.10 Å². The number of alkyl halides is 3. The van der Waals surface area contributed by atoms with E-state index in [0.717, 1.165) is 11.8 Å². The predicted molar refractivity (Wildman–Crippen MR) is 153 cm³/mol. The second kappa shape index (κ2) is 14.9. The minimum absolute atomic E-state index is 0.0258. The number of anilines is 1. The number of hydrogen-bond donors (Lipinski definition) is 3. The average molecular weight is 545 g/mol. The summed E-state index contributed by atoms with van der Waals surface area (Å²) in [7, 11) is 1.50. The molecule has 0 atom stereocenters. The Hall–Kier alpha value is -3.92. The average Bonchev–Trinajstić information content (AvgIpc) is 3.34. The van der Waals surface area contributed by atoms with Gasteiger partial charge < -0.3 is 15.8 Å². The molecule has 4 N–H and O–H groups in total. The zero-order valence-corrected chi connectivity index (χ0v) is 23.4. The van der Waals surface area contributed by atoms with Gasteiger partial charge in [0.1, 0.15) is 17.2 Å². The molecule has 0 unspecified atom stereocenters. The molecule has 0 bridgehead atoms. The van der Waals surface area contributed by atoms with Gasteiger partial charge in [0.2, 0.25) is 5.90 Å². The normalized spacial score (nSPS) is 11.4. The van der Waals surface area contributed by atoms with E-state index < -0.39 is 12.1 Å². The summed E-state index contributed by atoms with van der Waals surface area (Å²) in [5.41, 5.74) is 5.01. The first-order valence-electron chi connectivity index (χ1n) is 12.2. The van der Waals surface area contributed by atoms with E-state index >= 15 is 0 Å². The van der Waals surface area contributed by atoms with Crippen LogP contribution in [0.25, 0.3) is 11.8 Å². The van der Waals surface area contributed by atoms with E-state index in [1.807, 2.05) is 24.3 Å². The zero-order chi connectivity index (χ0) is 29.8. The van der Waals surface area contributed by atoms with Crippen molar-refractivity contribution >= 4 is 17.8 Å². The minimum atomic E-state index is -2.78. The molecule has 10 heteroatoms. The Kier molecular flexibility index (Phi) is 12.6. The Morgan fingerprint density at radius 2 is 1.74 bits per heavy atom. The lowest BCUT2D eigenvalue weighted by atomic mass is 9.87. The van der Waals surface area contributed by atoms with E-state index in [-0.39, 0.29) is 29.1 Å². The highest BCUT2D eigenvalue weighted by Crippen LogP contribution is 2.26. The fourth-order valence-electron chi connectivity index (χ4n) is 3.16.